The molecular formula is C13H18N2O2. The largest absolute Gasteiger partial charge is 0.497 e. The van der Waals surface area contributed by atoms with Crippen molar-refractivity contribution < 1.29 is 9.53 Å². The maximum absolute atomic E-state index is 11.5. The number of ether oxygens (including phenoxy) is 1. The van der Waals surface area contributed by atoms with Crippen molar-refractivity contribution in [3.8, 4) is 5.75 Å². The van der Waals surface area contributed by atoms with Gasteiger partial charge in [0.2, 0.25) is 5.91 Å². The highest BCUT2D eigenvalue weighted by molar-refractivity contribution is 5.82. The molecule has 1 aromatic carbocycles. The Kier molecular flexibility index (Phi) is 3.98. The number of benzene rings is 1. The smallest absolute Gasteiger partial charge is 0.237 e. The van der Waals surface area contributed by atoms with Crippen LogP contribution in [0.15, 0.2) is 24.3 Å². The van der Waals surface area contributed by atoms with E-state index in [1.165, 1.54) is 5.56 Å². The van der Waals surface area contributed by atoms with Gasteiger partial charge in [-0.25, -0.2) is 0 Å². The van der Waals surface area contributed by atoms with Crippen LogP contribution >= 0.6 is 0 Å². The minimum absolute atomic E-state index is 0.0501. The number of carbonyl (C=O) groups is 1. The summed E-state index contributed by atoms with van der Waals surface area (Å²) in [4.78, 5) is 11.5. The molecule has 2 rings (SSSR count). The summed E-state index contributed by atoms with van der Waals surface area (Å²) in [6, 6.07) is 7.93. The number of aryl methyl sites for hydroxylation is 1. The first kappa shape index (κ1) is 11.9. The van der Waals surface area contributed by atoms with Crippen molar-refractivity contribution in [2.75, 3.05) is 20.2 Å². The summed E-state index contributed by atoms with van der Waals surface area (Å²) in [5.41, 5.74) is 1.23. The molecule has 1 heterocycles. The lowest BCUT2D eigenvalue weighted by atomic mass is 10.0. The van der Waals surface area contributed by atoms with E-state index >= 15 is 0 Å². The third kappa shape index (κ3) is 3.20. The highest BCUT2D eigenvalue weighted by atomic mass is 16.5. The van der Waals surface area contributed by atoms with E-state index in [0.29, 0.717) is 0 Å². The zero-order chi connectivity index (χ0) is 12.1. The number of hydrogen-bond donors (Lipinski definition) is 2. The zero-order valence-electron chi connectivity index (χ0n) is 10.0. The van der Waals surface area contributed by atoms with Crippen LogP contribution in [0.5, 0.6) is 5.75 Å². The number of nitrogens with one attached hydrogen (secondary N) is 2. The molecular weight excluding hydrogens is 216 g/mol. The lowest BCUT2D eigenvalue weighted by Gasteiger charge is -2.23. The van der Waals surface area contributed by atoms with Crippen LogP contribution in [0.2, 0.25) is 0 Å². The van der Waals surface area contributed by atoms with Gasteiger partial charge in [0, 0.05) is 13.1 Å². The highest BCUT2D eigenvalue weighted by Crippen LogP contribution is 2.13. The minimum Gasteiger partial charge on any atom is -0.497 e. The Morgan fingerprint density at radius 3 is 2.71 bits per heavy atom. The fourth-order valence-electron chi connectivity index (χ4n) is 1.98. The zero-order valence-corrected chi connectivity index (χ0v) is 10.0. The van der Waals surface area contributed by atoms with Crippen molar-refractivity contribution in [2.45, 2.75) is 18.9 Å². The van der Waals surface area contributed by atoms with Gasteiger partial charge in [-0.2, -0.15) is 0 Å². The lowest BCUT2D eigenvalue weighted by molar-refractivity contribution is -0.124. The number of amides is 1. The second kappa shape index (κ2) is 5.68. The molecule has 0 aliphatic carbocycles. The molecule has 0 spiro atoms. The second-order valence-electron chi connectivity index (χ2n) is 4.18. The average molecular weight is 234 g/mol. The van der Waals surface area contributed by atoms with Gasteiger partial charge < -0.3 is 15.4 Å². The SMILES string of the molecule is COc1ccc(CCC2NCCNC2=O)cc1. The molecule has 1 atom stereocenters. The molecule has 0 bridgehead atoms. The first-order chi connectivity index (χ1) is 8.29. The summed E-state index contributed by atoms with van der Waals surface area (Å²) in [5, 5.41) is 6.09. The Bertz CT molecular complexity index is 376. The Balaban J connectivity index is 1.86. The number of methoxy groups -OCH3 is 1. The van der Waals surface area contributed by atoms with E-state index in [1.807, 2.05) is 24.3 Å². The Labute approximate surface area is 101 Å². The normalized spacial score (nSPS) is 19.8. The monoisotopic (exact) mass is 234 g/mol. The average Bonchev–Trinajstić information content (AvgIpc) is 2.38. The predicted octanol–water partition coefficient (Wildman–Crippen LogP) is 0.716. The molecule has 0 radical (unpaired) electrons. The molecule has 1 aliphatic rings. The molecule has 4 heteroatoms. The summed E-state index contributed by atoms with van der Waals surface area (Å²) in [6.07, 6.45) is 1.73. The molecule has 1 amide bonds. The Morgan fingerprint density at radius 1 is 1.29 bits per heavy atom. The predicted molar refractivity (Wildman–Crippen MR) is 66.1 cm³/mol. The van der Waals surface area contributed by atoms with Crippen molar-refractivity contribution >= 4 is 5.91 Å². The van der Waals surface area contributed by atoms with Gasteiger partial charge in [-0.05, 0) is 30.5 Å². The van der Waals surface area contributed by atoms with E-state index in [-0.39, 0.29) is 11.9 Å². The van der Waals surface area contributed by atoms with Crippen LogP contribution in [-0.4, -0.2) is 32.1 Å². The number of carbonyl (C=O) groups excluding carboxylic acids is 1. The third-order valence-corrected chi connectivity index (χ3v) is 3.01. The van der Waals surface area contributed by atoms with Crippen LogP contribution in [0.1, 0.15) is 12.0 Å². The van der Waals surface area contributed by atoms with Crippen molar-refractivity contribution in [3.63, 3.8) is 0 Å². The number of piperazine rings is 1. The third-order valence-electron chi connectivity index (χ3n) is 3.01. The van der Waals surface area contributed by atoms with Gasteiger partial charge in [-0.15, -0.1) is 0 Å². The van der Waals surface area contributed by atoms with Crippen molar-refractivity contribution in [2.24, 2.45) is 0 Å². The van der Waals surface area contributed by atoms with Crippen molar-refractivity contribution in [3.05, 3.63) is 29.8 Å². The van der Waals surface area contributed by atoms with E-state index in [1.54, 1.807) is 7.11 Å². The van der Waals surface area contributed by atoms with E-state index in [2.05, 4.69) is 10.6 Å². The van der Waals surface area contributed by atoms with Gasteiger partial charge in [0.05, 0.1) is 13.2 Å². The van der Waals surface area contributed by atoms with Crippen molar-refractivity contribution in [1.82, 2.24) is 10.6 Å². The van der Waals surface area contributed by atoms with Crippen LogP contribution in [0.4, 0.5) is 0 Å². The molecule has 0 saturated carbocycles. The quantitative estimate of drug-likeness (QED) is 0.807. The van der Waals surface area contributed by atoms with E-state index < -0.39 is 0 Å². The van der Waals surface area contributed by atoms with Crippen LogP contribution < -0.4 is 15.4 Å². The summed E-state index contributed by atoms with van der Waals surface area (Å²) < 4.78 is 5.10. The maximum atomic E-state index is 11.5. The van der Waals surface area contributed by atoms with E-state index in [4.69, 9.17) is 4.74 Å². The molecule has 0 aromatic heterocycles. The molecule has 1 aromatic rings. The molecule has 4 nitrogen and oxygen atoms in total. The fourth-order valence-corrected chi connectivity index (χ4v) is 1.98. The van der Waals surface area contributed by atoms with E-state index in [0.717, 1.165) is 31.7 Å². The molecule has 17 heavy (non-hydrogen) atoms. The molecule has 1 saturated heterocycles. The molecule has 92 valence electrons. The van der Waals surface area contributed by atoms with Crippen molar-refractivity contribution in [1.29, 1.82) is 0 Å². The first-order valence-corrected chi connectivity index (χ1v) is 5.93. The molecule has 1 fully saturated rings. The fraction of sp³-hybridized carbons (Fsp3) is 0.462. The van der Waals surface area contributed by atoms with Gasteiger partial charge >= 0.3 is 0 Å². The van der Waals surface area contributed by atoms with Gasteiger partial charge in [0.15, 0.2) is 0 Å². The second-order valence-corrected chi connectivity index (χ2v) is 4.18. The van der Waals surface area contributed by atoms with E-state index in [9.17, 15) is 4.79 Å². The van der Waals surface area contributed by atoms with Crippen LogP contribution in [0.3, 0.4) is 0 Å². The summed E-state index contributed by atoms with van der Waals surface area (Å²) in [7, 11) is 1.66. The summed E-state index contributed by atoms with van der Waals surface area (Å²) in [5.74, 6) is 0.979. The van der Waals surface area contributed by atoms with Crippen LogP contribution in [0, 0.1) is 0 Å². The van der Waals surface area contributed by atoms with Gasteiger partial charge in [-0.1, -0.05) is 12.1 Å². The standard InChI is InChI=1S/C13H18N2O2/c1-17-11-5-2-10(3-6-11)4-7-12-13(16)15-9-8-14-12/h2-3,5-6,12,14H,4,7-9H2,1H3,(H,15,16). The topological polar surface area (TPSA) is 50.4 Å². The van der Waals surface area contributed by atoms with Gasteiger partial charge in [0.25, 0.3) is 0 Å². The lowest BCUT2D eigenvalue weighted by Crippen LogP contribution is -2.52. The van der Waals surface area contributed by atoms with Gasteiger partial charge in [0.1, 0.15) is 5.75 Å². The molecule has 1 unspecified atom stereocenters. The highest BCUT2D eigenvalue weighted by Gasteiger charge is 2.20. The Morgan fingerprint density at radius 2 is 2.06 bits per heavy atom. The Hall–Kier alpha value is -1.55. The number of hydrogen-bond acceptors (Lipinski definition) is 3. The summed E-state index contributed by atoms with van der Waals surface area (Å²) in [6.45, 7) is 1.59. The minimum atomic E-state index is -0.0501. The van der Waals surface area contributed by atoms with Gasteiger partial charge in [-0.3, -0.25) is 4.79 Å². The molecule has 2 N–H and O–H groups in total. The van der Waals surface area contributed by atoms with Crippen LogP contribution in [-0.2, 0) is 11.2 Å². The van der Waals surface area contributed by atoms with Crippen LogP contribution in [0.25, 0.3) is 0 Å². The number of rotatable bonds is 4. The maximum Gasteiger partial charge on any atom is 0.237 e. The summed E-state index contributed by atoms with van der Waals surface area (Å²) >= 11 is 0. The first-order valence-electron chi connectivity index (χ1n) is 5.93. The molecule has 1 aliphatic heterocycles.